The molecule has 118 valence electrons. The largest absolute Gasteiger partial charge is 0.502 e. The minimum Gasteiger partial charge on any atom is -0.502 e. The first kappa shape index (κ1) is 16.4. The molecule has 0 spiro atoms. The second kappa shape index (κ2) is 6.89. The molecule has 0 aliphatic rings. The minimum absolute atomic E-state index is 0.230. The van der Waals surface area contributed by atoms with Crippen molar-refractivity contribution >= 4 is 28.9 Å². The van der Waals surface area contributed by atoms with Crippen LogP contribution in [0, 0.1) is 10.1 Å². The summed E-state index contributed by atoms with van der Waals surface area (Å²) in [6.45, 7) is 1.68. The van der Waals surface area contributed by atoms with Crippen molar-refractivity contribution in [2.75, 3.05) is 0 Å². The average molecular weight is 334 g/mol. The number of hydrogen-bond acceptors (Lipinski definition) is 5. The number of nitro benzene ring substituents is 1. The van der Waals surface area contributed by atoms with E-state index in [9.17, 15) is 20.0 Å². The van der Waals surface area contributed by atoms with E-state index in [-0.39, 0.29) is 5.56 Å². The Kier molecular flexibility index (Phi) is 4.92. The van der Waals surface area contributed by atoms with Crippen LogP contribution < -0.4 is 5.43 Å². The number of aromatic hydroxyl groups is 1. The first-order valence-electron chi connectivity index (χ1n) is 6.47. The van der Waals surface area contributed by atoms with Gasteiger partial charge in [0, 0.05) is 11.1 Å². The maximum Gasteiger partial charge on any atom is 0.311 e. The van der Waals surface area contributed by atoms with Crippen LogP contribution in [0.4, 0.5) is 5.69 Å². The number of carbonyl (C=O) groups is 1. The van der Waals surface area contributed by atoms with Gasteiger partial charge in [0.1, 0.15) is 0 Å². The standard InChI is InChI=1S/C15H12ClN3O4/c1-9(10-5-7-11(16)8-6-10)17-18-15(21)12-3-2-4-13(14(12)20)19(22)23/h2-8,20H,1H3,(H,18,21)/b17-9-. The maximum absolute atomic E-state index is 12.0. The molecule has 0 saturated heterocycles. The highest BCUT2D eigenvalue weighted by Gasteiger charge is 2.20. The molecule has 0 fully saturated rings. The van der Waals surface area contributed by atoms with Crippen molar-refractivity contribution < 1.29 is 14.8 Å². The van der Waals surface area contributed by atoms with E-state index >= 15 is 0 Å². The Bertz CT molecular complexity index is 788. The summed E-state index contributed by atoms with van der Waals surface area (Å²) in [5, 5.41) is 25.0. The van der Waals surface area contributed by atoms with Gasteiger partial charge >= 0.3 is 5.69 Å². The van der Waals surface area contributed by atoms with Gasteiger partial charge in [0.25, 0.3) is 5.91 Å². The molecule has 0 atom stereocenters. The van der Waals surface area contributed by atoms with E-state index in [0.717, 1.165) is 11.6 Å². The number of phenols is 1. The first-order valence-corrected chi connectivity index (χ1v) is 6.85. The van der Waals surface area contributed by atoms with Gasteiger partial charge in [-0.15, -0.1) is 0 Å². The third-order valence-corrected chi connectivity index (χ3v) is 3.30. The Morgan fingerprint density at radius 2 is 1.91 bits per heavy atom. The van der Waals surface area contributed by atoms with Crippen molar-refractivity contribution in [3.8, 4) is 5.75 Å². The van der Waals surface area contributed by atoms with E-state index in [4.69, 9.17) is 11.6 Å². The highest BCUT2D eigenvalue weighted by molar-refractivity contribution is 6.30. The lowest BCUT2D eigenvalue weighted by Gasteiger charge is -2.05. The minimum atomic E-state index is -0.770. The van der Waals surface area contributed by atoms with Gasteiger partial charge in [-0.1, -0.05) is 29.8 Å². The van der Waals surface area contributed by atoms with E-state index in [0.29, 0.717) is 10.7 Å². The molecule has 2 aromatic carbocycles. The highest BCUT2D eigenvalue weighted by Crippen LogP contribution is 2.29. The lowest BCUT2D eigenvalue weighted by atomic mass is 10.1. The summed E-state index contributed by atoms with van der Waals surface area (Å²) in [7, 11) is 0. The SMILES string of the molecule is C/C(=N/NC(=O)c1cccc([N+](=O)[O-])c1O)c1ccc(Cl)cc1. The van der Waals surface area contributed by atoms with Crippen LogP contribution in [-0.2, 0) is 0 Å². The summed E-state index contributed by atoms with van der Waals surface area (Å²) in [5.41, 5.74) is 2.74. The third-order valence-electron chi connectivity index (χ3n) is 3.04. The van der Waals surface area contributed by atoms with Crippen molar-refractivity contribution in [1.82, 2.24) is 5.43 Å². The first-order chi connectivity index (χ1) is 10.9. The Labute approximate surface area is 136 Å². The molecule has 0 heterocycles. The smallest absolute Gasteiger partial charge is 0.311 e. The van der Waals surface area contributed by atoms with Crippen LogP contribution in [0.15, 0.2) is 47.6 Å². The molecule has 2 rings (SSSR count). The fraction of sp³-hybridized carbons (Fsp3) is 0.0667. The van der Waals surface area contributed by atoms with Crippen LogP contribution >= 0.6 is 11.6 Å². The molecule has 0 bridgehead atoms. The molecule has 0 unspecified atom stereocenters. The molecule has 0 saturated carbocycles. The van der Waals surface area contributed by atoms with Gasteiger partial charge in [-0.25, -0.2) is 5.43 Å². The monoisotopic (exact) mass is 333 g/mol. The van der Waals surface area contributed by atoms with E-state index in [1.54, 1.807) is 31.2 Å². The van der Waals surface area contributed by atoms with Crippen molar-refractivity contribution in [3.05, 3.63) is 68.7 Å². The predicted molar refractivity (Wildman–Crippen MR) is 85.9 cm³/mol. The fourth-order valence-corrected chi connectivity index (χ4v) is 1.94. The summed E-state index contributed by atoms with van der Waals surface area (Å²) in [6, 6.07) is 10.5. The number of amides is 1. The maximum atomic E-state index is 12.0. The van der Waals surface area contributed by atoms with Crippen LogP contribution in [0.5, 0.6) is 5.75 Å². The molecule has 23 heavy (non-hydrogen) atoms. The number of hydrogen-bond donors (Lipinski definition) is 2. The number of rotatable bonds is 4. The van der Waals surface area contributed by atoms with Crippen molar-refractivity contribution in [1.29, 1.82) is 0 Å². The number of nitrogens with zero attached hydrogens (tertiary/aromatic N) is 2. The number of phenolic OH excluding ortho intramolecular Hbond substituents is 1. The molecule has 0 radical (unpaired) electrons. The lowest BCUT2D eigenvalue weighted by Crippen LogP contribution is -2.19. The van der Waals surface area contributed by atoms with E-state index in [1.807, 2.05) is 0 Å². The average Bonchev–Trinajstić information content (AvgIpc) is 2.53. The topological polar surface area (TPSA) is 105 Å². The van der Waals surface area contributed by atoms with Gasteiger partial charge in [-0.05, 0) is 30.7 Å². The number of para-hydroxylation sites is 1. The number of hydrazone groups is 1. The molecule has 2 aromatic rings. The fourth-order valence-electron chi connectivity index (χ4n) is 1.81. The molecule has 1 amide bonds. The zero-order valence-corrected chi connectivity index (χ0v) is 12.7. The molecule has 0 aliphatic carbocycles. The van der Waals surface area contributed by atoms with E-state index in [1.165, 1.54) is 12.1 Å². The molecule has 0 aliphatic heterocycles. The Morgan fingerprint density at radius 1 is 1.26 bits per heavy atom. The highest BCUT2D eigenvalue weighted by atomic mass is 35.5. The summed E-state index contributed by atoms with van der Waals surface area (Å²) in [4.78, 5) is 22.0. The van der Waals surface area contributed by atoms with Crippen LogP contribution in [0.3, 0.4) is 0 Å². The molecular formula is C15H12ClN3O4. The second-order valence-electron chi connectivity index (χ2n) is 4.58. The second-order valence-corrected chi connectivity index (χ2v) is 5.01. The number of nitro groups is 1. The molecule has 7 nitrogen and oxygen atoms in total. The van der Waals surface area contributed by atoms with E-state index in [2.05, 4.69) is 10.5 Å². The number of halogens is 1. The van der Waals surface area contributed by atoms with Crippen LogP contribution in [0.2, 0.25) is 5.02 Å². The number of benzene rings is 2. The summed E-state index contributed by atoms with van der Waals surface area (Å²) in [5.74, 6) is -1.45. The Morgan fingerprint density at radius 3 is 2.52 bits per heavy atom. The van der Waals surface area contributed by atoms with Gasteiger partial charge in [0.2, 0.25) is 5.75 Å². The third kappa shape index (κ3) is 3.83. The number of carbonyl (C=O) groups excluding carboxylic acids is 1. The van der Waals surface area contributed by atoms with Gasteiger partial charge in [0.15, 0.2) is 0 Å². The van der Waals surface area contributed by atoms with Crippen molar-refractivity contribution in [3.63, 3.8) is 0 Å². The summed E-state index contributed by atoms with van der Waals surface area (Å²) in [6.07, 6.45) is 0. The molecule has 2 N–H and O–H groups in total. The lowest BCUT2D eigenvalue weighted by molar-refractivity contribution is -0.385. The van der Waals surface area contributed by atoms with Crippen molar-refractivity contribution in [2.45, 2.75) is 6.92 Å². The molecule has 8 heteroatoms. The molecular weight excluding hydrogens is 322 g/mol. The van der Waals surface area contributed by atoms with Crippen molar-refractivity contribution in [2.24, 2.45) is 5.10 Å². The van der Waals surface area contributed by atoms with Gasteiger partial charge < -0.3 is 5.11 Å². The molecule has 0 aromatic heterocycles. The Hall–Kier alpha value is -2.93. The zero-order valence-electron chi connectivity index (χ0n) is 12.0. The van der Waals surface area contributed by atoms with Gasteiger partial charge in [0.05, 0.1) is 16.2 Å². The van der Waals surface area contributed by atoms with Crippen LogP contribution in [0.1, 0.15) is 22.8 Å². The normalized spacial score (nSPS) is 11.1. The number of nitrogens with one attached hydrogen (secondary N) is 1. The summed E-state index contributed by atoms with van der Waals surface area (Å²) >= 11 is 5.79. The van der Waals surface area contributed by atoms with E-state index < -0.39 is 22.3 Å². The van der Waals surface area contributed by atoms with Gasteiger partial charge in [-0.3, -0.25) is 14.9 Å². The zero-order chi connectivity index (χ0) is 17.0. The Balaban J connectivity index is 2.19. The van der Waals surface area contributed by atoms with Gasteiger partial charge in [-0.2, -0.15) is 5.10 Å². The predicted octanol–water partition coefficient (Wildman–Crippen LogP) is 3.11. The van der Waals surface area contributed by atoms with Crippen LogP contribution in [-0.4, -0.2) is 21.6 Å². The quantitative estimate of drug-likeness (QED) is 0.509. The van der Waals surface area contributed by atoms with Crippen LogP contribution in [0.25, 0.3) is 0 Å². The summed E-state index contributed by atoms with van der Waals surface area (Å²) < 4.78 is 0.